The Morgan fingerprint density at radius 2 is 1.87 bits per heavy atom. The average Bonchev–Trinajstić information content (AvgIpc) is 3.18. The summed E-state index contributed by atoms with van der Waals surface area (Å²) in [5.74, 6) is 1.56. The monoisotopic (exact) mass is 324 g/mol. The highest BCUT2D eigenvalue weighted by Gasteiger charge is 2.15. The van der Waals surface area contributed by atoms with Gasteiger partial charge >= 0.3 is 0 Å². The molecule has 0 radical (unpaired) electrons. The summed E-state index contributed by atoms with van der Waals surface area (Å²) in [5, 5.41) is 19.4. The maximum absolute atomic E-state index is 9.05. The third kappa shape index (κ3) is 2.53. The number of nitrogens with one attached hydrogen (secondary N) is 1. The number of hydrogen-bond acceptors (Lipinski definition) is 6. The summed E-state index contributed by atoms with van der Waals surface area (Å²) in [4.78, 5) is 1.97. The Hall–Kier alpha value is -2.85. The zero-order valence-corrected chi connectivity index (χ0v) is 12.9. The second-order valence-corrected chi connectivity index (χ2v) is 6.09. The fraction of sp³-hybridized carbons (Fsp3) is 0.188. The number of nitriles is 1. The van der Waals surface area contributed by atoms with Crippen LogP contribution in [0.2, 0.25) is 0 Å². The Morgan fingerprint density at radius 1 is 1.04 bits per heavy atom. The van der Waals surface area contributed by atoms with E-state index in [2.05, 4.69) is 15.4 Å². The van der Waals surface area contributed by atoms with Crippen molar-refractivity contribution < 1.29 is 9.47 Å². The van der Waals surface area contributed by atoms with Gasteiger partial charge in [-0.15, -0.1) is 16.4 Å². The number of aromatic amines is 1. The maximum atomic E-state index is 9.05. The molecule has 3 aromatic rings. The quantitative estimate of drug-likeness (QED) is 0.782. The minimum Gasteiger partial charge on any atom is -0.490 e. The highest BCUT2D eigenvalue weighted by molar-refractivity contribution is 7.18. The van der Waals surface area contributed by atoms with Crippen LogP contribution in [0, 0.1) is 11.3 Å². The van der Waals surface area contributed by atoms with Crippen LogP contribution in [0.1, 0.15) is 12.1 Å². The lowest BCUT2D eigenvalue weighted by molar-refractivity contribution is 0.297. The normalized spacial score (nSPS) is 13.3. The zero-order chi connectivity index (χ0) is 15.6. The van der Waals surface area contributed by atoms with E-state index >= 15 is 0 Å². The molecule has 0 saturated carbocycles. The van der Waals surface area contributed by atoms with Crippen molar-refractivity contribution in [3.63, 3.8) is 0 Å². The van der Waals surface area contributed by atoms with Crippen molar-refractivity contribution in [2.45, 2.75) is 6.42 Å². The lowest BCUT2D eigenvalue weighted by atomic mass is 10.1. The van der Waals surface area contributed by atoms with Gasteiger partial charge < -0.3 is 9.47 Å². The van der Waals surface area contributed by atoms with Crippen LogP contribution < -0.4 is 9.47 Å². The first kappa shape index (κ1) is 13.8. The van der Waals surface area contributed by atoms with E-state index in [0.717, 1.165) is 33.2 Å². The Balaban J connectivity index is 1.70. The molecule has 0 atom stereocenters. The molecule has 23 heavy (non-hydrogen) atoms. The van der Waals surface area contributed by atoms with Gasteiger partial charge in [0.05, 0.1) is 18.1 Å². The van der Waals surface area contributed by atoms with Crippen LogP contribution in [0.3, 0.4) is 0 Å². The number of benzene rings is 1. The predicted molar refractivity (Wildman–Crippen MR) is 85.5 cm³/mol. The molecule has 1 aliphatic rings. The third-order valence-electron chi connectivity index (χ3n) is 3.53. The summed E-state index contributed by atoms with van der Waals surface area (Å²) in [5.41, 5.74) is 1.93. The van der Waals surface area contributed by atoms with Crippen molar-refractivity contribution in [3.05, 3.63) is 36.0 Å². The van der Waals surface area contributed by atoms with Gasteiger partial charge in [0, 0.05) is 11.3 Å². The summed E-state index contributed by atoms with van der Waals surface area (Å²) >= 11 is 1.56. The van der Waals surface area contributed by atoms with Gasteiger partial charge in [0.15, 0.2) is 17.2 Å². The molecule has 1 N–H and O–H groups in total. The molecule has 3 heterocycles. The fourth-order valence-corrected chi connectivity index (χ4v) is 3.41. The molecule has 0 fully saturated rings. The van der Waals surface area contributed by atoms with E-state index < -0.39 is 0 Å². The van der Waals surface area contributed by atoms with Crippen LogP contribution in [0.5, 0.6) is 11.5 Å². The molecule has 0 unspecified atom stereocenters. The van der Waals surface area contributed by atoms with Crippen molar-refractivity contribution in [2.24, 2.45) is 0 Å². The van der Waals surface area contributed by atoms with Gasteiger partial charge in [-0.05, 0) is 35.9 Å². The van der Waals surface area contributed by atoms with Crippen LogP contribution >= 0.6 is 11.3 Å². The number of ether oxygens (including phenoxy) is 2. The molecule has 2 aromatic heterocycles. The van der Waals surface area contributed by atoms with E-state index in [-0.39, 0.29) is 0 Å². The molecule has 0 bridgehead atoms. The Bertz CT molecular complexity index is 894. The molecular formula is C16H12N4O2S. The van der Waals surface area contributed by atoms with Crippen LogP contribution in [-0.4, -0.2) is 28.6 Å². The SMILES string of the molecule is N#Cc1n[nH]nc1-c1ccc(-c2ccc3c(c2)OCCCO3)s1. The Morgan fingerprint density at radius 3 is 2.74 bits per heavy atom. The van der Waals surface area contributed by atoms with Crippen LogP contribution in [-0.2, 0) is 0 Å². The summed E-state index contributed by atoms with van der Waals surface area (Å²) in [7, 11) is 0. The molecule has 7 heteroatoms. The topological polar surface area (TPSA) is 83.8 Å². The van der Waals surface area contributed by atoms with Gasteiger partial charge in [0.1, 0.15) is 11.8 Å². The smallest absolute Gasteiger partial charge is 0.191 e. The summed E-state index contributed by atoms with van der Waals surface area (Å²) < 4.78 is 11.4. The summed E-state index contributed by atoms with van der Waals surface area (Å²) in [6.07, 6.45) is 0.885. The molecule has 4 rings (SSSR count). The van der Waals surface area contributed by atoms with Crippen molar-refractivity contribution in [2.75, 3.05) is 13.2 Å². The van der Waals surface area contributed by atoms with Gasteiger partial charge in [0.2, 0.25) is 0 Å². The van der Waals surface area contributed by atoms with Crippen molar-refractivity contribution in [1.29, 1.82) is 5.26 Å². The molecule has 1 aliphatic heterocycles. The second kappa shape index (κ2) is 5.74. The van der Waals surface area contributed by atoms with Gasteiger partial charge in [-0.2, -0.15) is 15.6 Å². The number of aromatic nitrogens is 3. The van der Waals surface area contributed by atoms with Crippen LogP contribution in [0.4, 0.5) is 0 Å². The Kier molecular flexibility index (Phi) is 3.44. The van der Waals surface area contributed by atoms with Crippen molar-refractivity contribution >= 4 is 11.3 Å². The largest absolute Gasteiger partial charge is 0.490 e. The van der Waals surface area contributed by atoms with E-state index in [0.29, 0.717) is 24.6 Å². The van der Waals surface area contributed by atoms with E-state index in [9.17, 15) is 0 Å². The first-order valence-corrected chi connectivity index (χ1v) is 7.98. The predicted octanol–water partition coefficient (Wildman–Crippen LogP) is 3.23. The van der Waals surface area contributed by atoms with Crippen LogP contribution in [0.15, 0.2) is 30.3 Å². The fourth-order valence-electron chi connectivity index (χ4n) is 2.42. The summed E-state index contributed by atoms with van der Waals surface area (Å²) in [6, 6.07) is 11.9. The average molecular weight is 324 g/mol. The minimum atomic E-state index is 0.303. The molecular weight excluding hydrogens is 312 g/mol. The van der Waals surface area contributed by atoms with Gasteiger partial charge in [-0.1, -0.05) is 0 Å². The van der Waals surface area contributed by atoms with Crippen molar-refractivity contribution in [3.8, 4) is 38.6 Å². The second-order valence-electron chi connectivity index (χ2n) is 5.01. The van der Waals surface area contributed by atoms with Crippen molar-refractivity contribution in [1.82, 2.24) is 15.4 Å². The highest BCUT2D eigenvalue weighted by Crippen LogP contribution is 2.38. The Labute approximate surface area is 136 Å². The third-order valence-corrected chi connectivity index (χ3v) is 4.67. The lowest BCUT2D eigenvalue weighted by Gasteiger charge is -2.08. The molecule has 6 nitrogen and oxygen atoms in total. The molecule has 0 amide bonds. The molecule has 0 spiro atoms. The van der Waals surface area contributed by atoms with Gasteiger partial charge in [-0.3, -0.25) is 0 Å². The molecule has 0 saturated heterocycles. The number of rotatable bonds is 2. The minimum absolute atomic E-state index is 0.303. The maximum Gasteiger partial charge on any atom is 0.191 e. The lowest BCUT2D eigenvalue weighted by Crippen LogP contribution is -1.97. The van der Waals surface area contributed by atoms with Gasteiger partial charge in [-0.25, -0.2) is 0 Å². The zero-order valence-electron chi connectivity index (χ0n) is 12.1. The van der Waals surface area contributed by atoms with E-state index in [4.69, 9.17) is 14.7 Å². The van der Waals surface area contributed by atoms with E-state index in [1.165, 1.54) is 0 Å². The molecule has 114 valence electrons. The number of hydrogen-bond donors (Lipinski definition) is 1. The highest BCUT2D eigenvalue weighted by atomic mass is 32.1. The van der Waals surface area contributed by atoms with E-state index in [1.54, 1.807) is 11.3 Å². The number of fused-ring (bicyclic) bond motifs is 1. The summed E-state index contributed by atoms with van der Waals surface area (Å²) in [6.45, 7) is 1.34. The first-order chi connectivity index (χ1) is 11.3. The van der Waals surface area contributed by atoms with Crippen LogP contribution in [0.25, 0.3) is 21.0 Å². The number of thiophene rings is 1. The van der Waals surface area contributed by atoms with Gasteiger partial charge in [0.25, 0.3) is 0 Å². The first-order valence-electron chi connectivity index (χ1n) is 7.16. The number of nitrogens with zero attached hydrogens (tertiary/aromatic N) is 3. The number of H-pyrrole nitrogens is 1. The molecule has 1 aromatic carbocycles. The standard InChI is InChI=1S/C16H12N4O2S/c17-9-11-16(19-20-18-11)15-5-4-14(23-15)10-2-3-12-13(8-10)22-7-1-6-21-12/h2-5,8H,1,6-7H2,(H,18,19,20). The molecule has 0 aliphatic carbocycles. The van der Waals surface area contributed by atoms with E-state index in [1.807, 2.05) is 36.4 Å².